The summed E-state index contributed by atoms with van der Waals surface area (Å²) in [7, 11) is 0. The van der Waals surface area contributed by atoms with Crippen molar-refractivity contribution in [3.05, 3.63) is 28.8 Å². The van der Waals surface area contributed by atoms with E-state index in [9.17, 15) is 4.39 Å². The van der Waals surface area contributed by atoms with Gasteiger partial charge >= 0.3 is 0 Å². The molecule has 1 aromatic rings. The van der Waals surface area contributed by atoms with E-state index >= 15 is 0 Å². The van der Waals surface area contributed by atoms with Gasteiger partial charge < -0.3 is 5.73 Å². The average molecular weight is 161 g/mol. The van der Waals surface area contributed by atoms with Gasteiger partial charge in [0.2, 0.25) is 0 Å². The zero-order valence-electron chi connectivity index (χ0n) is 5.14. The van der Waals surface area contributed by atoms with Gasteiger partial charge in [-0.25, -0.2) is 9.37 Å². The fourth-order valence-electron chi connectivity index (χ4n) is 0.627. The first-order valence-corrected chi connectivity index (χ1v) is 3.12. The quantitative estimate of drug-likeness (QED) is 0.630. The molecule has 54 valence electrons. The van der Waals surface area contributed by atoms with E-state index in [2.05, 4.69) is 4.98 Å². The van der Waals surface area contributed by atoms with Crippen LogP contribution in [0.4, 0.5) is 4.39 Å². The summed E-state index contributed by atoms with van der Waals surface area (Å²) >= 11 is 5.50. The van der Waals surface area contributed by atoms with Crippen LogP contribution in [-0.4, -0.2) is 4.98 Å². The lowest BCUT2D eigenvalue weighted by Gasteiger charge is -1.98. The molecule has 1 rings (SSSR count). The predicted molar refractivity (Wildman–Crippen MR) is 37.1 cm³/mol. The van der Waals surface area contributed by atoms with Crippen molar-refractivity contribution in [2.75, 3.05) is 0 Å². The number of hydrogen-bond acceptors (Lipinski definition) is 2. The predicted octanol–water partition coefficient (Wildman–Crippen LogP) is 1.33. The van der Waals surface area contributed by atoms with Gasteiger partial charge in [0, 0.05) is 18.3 Å². The van der Waals surface area contributed by atoms with Crippen LogP contribution in [0, 0.1) is 5.82 Å². The normalized spacial score (nSPS) is 9.90. The smallest absolute Gasteiger partial charge is 0.136 e. The van der Waals surface area contributed by atoms with E-state index < -0.39 is 5.82 Å². The molecule has 2 nitrogen and oxygen atoms in total. The number of hydrogen-bond donors (Lipinski definition) is 1. The summed E-state index contributed by atoms with van der Waals surface area (Å²) in [5.41, 5.74) is 5.45. The van der Waals surface area contributed by atoms with E-state index in [-0.39, 0.29) is 17.3 Å². The van der Waals surface area contributed by atoms with Crippen molar-refractivity contribution in [1.29, 1.82) is 0 Å². The van der Waals surface area contributed by atoms with Crippen LogP contribution >= 0.6 is 11.6 Å². The number of nitrogens with two attached hydrogens (primary N) is 1. The Morgan fingerprint density at radius 3 is 2.80 bits per heavy atom. The molecule has 0 aliphatic heterocycles. The van der Waals surface area contributed by atoms with Gasteiger partial charge in [-0.1, -0.05) is 11.6 Å². The highest BCUT2D eigenvalue weighted by Crippen LogP contribution is 2.14. The van der Waals surface area contributed by atoms with Crippen LogP contribution in [0.1, 0.15) is 5.56 Å². The lowest BCUT2D eigenvalue weighted by molar-refractivity contribution is 0.608. The van der Waals surface area contributed by atoms with E-state index in [1.165, 1.54) is 12.3 Å². The third-order valence-corrected chi connectivity index (χ3v) is 1.48. The molecule has 1 aromatic heterocycles. The van der Waals surface area contributed by atoms with Gasteiger partial charge in [0.1, 0.15) is 11.0 Å². The summed E-state index contributed by atoms with van der Waals surface area (Å²) in [6.07, 6.45) is 1.30. The minimum atomic E-state index is -0.400. The van der Waals surface area contributed by atoms with Gasteiger partial charge in [-0.15, -0.1) is 0 Å². The summed E-state index contributed by atoms with van der Waals surface area (Å²) in [4.78, 5) is 3.66. The van der Waals surface area contributed by atoms with Gasteiger partial charge in [-0.3, -0.25) is 0 Å². The van der Waals surface area contributed by atoms with Crippen LogP contribution in [-0.2, 0) is 6.54 Å². The molecule has 0 atom stereocenters. The van der Waals surface area contributed by atoms with Crippen LogP contribution in [0.5, 0.6) is 0 Å². The maximum atomic E-state index is 12.6. The highest BCUT2D eigenvalue weighted by molar-refractivity contribution is 6.30. The zero-order chi connectivity index (χ0) is 7.56. The first kappa shape index (κ1) is 7.44. The molecule has 0 unspecified atom stereocenters. The van der Waals surface area contributed by atoms with Gasteiger partial charge in [-0.2, -0.15) is 0 Å². The number of rotatable bonds is 1. The third kappa shape index (κ3) is 1.25. The van der Waals surface area contributed by atoms with Gasteiger partial charge in [-0.05, 0) is 6.07 Å². The lowest BCUT2D eigenvalue weighted by atomic mass is 10.3. The molecule has 0 saturated carbocycles. The lowest BCUT2D eigenvalue weighted by Crippen LogP contribution is -2.01. The van der Waals surface area contributed by atoms with Gasteiger partial charge in [0.25, 0.3) is 0 Å². The Kier molecular flexibility index (Phi) is 2.19. The number of nitrogens with zero attached hydrogens (tertiary/aromatic N) is 1. The molecule has 0 aliphatic rings. The number of halogens is 2. The Balaban J connectivity index is 3.17. The van der Waals surface area contributed by atoms with Crippen molar-refractivity contribution in [2.45, 2.75) is 6.54 Å². The molecule has 0 saturated heterocycles. The maximum absolute atomic E-state index is 12.6. The first-order chi connectivity index (χ1) is 4.75. The Morgan fingerprint density at radius 1 is 1.70 bits per heavy atom. The SMILES string of the molecule is NCc1c(F)ccnc1Cl. The number of pyridine rings is 1. The topological polar surface area (TPSA) is 38.9 Å². The Hall–Kier alpha value is -0.670. The van der Waals surface area contributed by atoms with Crippen molar-refractivity contribution in [3.63, 3.8) is 0 Å². The monoisotopic (exact) mass is 160 g/mol. The molecular formula is C6H6ClFN2. The first-order valence-electron chi connectivity index (χ1n) is 2.74. The second-order valence-electron chi connectivity index (χ2n) is 1.77. The fraction of sp³-hybridized carbons (Fsp3) is 0.167. The van der Waals surface area contributed by atoms with Crippen molar-refractivity contribution < 1.29 is 4.39 Å². The molecule has 2 N–H and O–H groups in total. The van der Waals surface area contributed by atoms with Crippen molar-refractivity contribution in [1.82, 2.24) is 4.98 Å². The molecule has 0 amide bonds. The summed E-state index contributed by atoms with van der Waals surface area (Å²) in [5.74, 6) is -0.400. The van der Waals surface area contributed by atoms with Crippen LogP contribution in [0.15, 0.2) is 12.3 Å². The van der Waals surface area contributed by atoms with Crippen molar-refractivity contribution in [3.8, 4) is 0 Å². The summed E-state index contributed by atoms with van der Waals surface area (Å²) < 4.78 is 12.6. The second kappa shape index (κ2) is 2.94. The molecule has 0 aliphatic carbocycles. The molecule has 0 fully saturated rings. The van der Waals surface area contributed by atoms with E-state index in [1.807, 2.05) is 0 Å². The van der Waals surface area contributed by atoms with E-state index in [4.69, 9.17) is 17.3 Å². The summed E-state index contributed by atoms with van der Waals surface area (Å²) in [6, 6.07) is 1.23. The van der Waals surface area contributed by atoms with Crippen LogP contribution < -0.4 is 5.73 Å². The molecule has 0 spiro atoms. The molecule has 0 radical (unpaired) electrons. The van der Waals surface area contributed by atoms with E-state index in [0.717, 1.165) is 0 Å². The molecular weight excluding hydrogens is 155 g/mol. The van der Waals surface area contributed by atoms with Gasteiger partial charge in [0.05, 0.1) is 0 Å². The average Bonchev–Trinajstić information content (AvgIpc) is 1.88. The van der Waals surface area contributed by atoms with Crippen LogP contribution in [0.25, 0.3) is 0 Å². The maximum Gasteiger partial charge on any atom is 0.136 e. The van der Waals surface area contributed by atoms with Crippen LogP contribution in [0.2, 0.25) is 5.15 Å². The molecule has 10 heavy (non-hydrogen) atoms. The Morgan fingerprint density at radius 2 is 2.40 bits per heavy atom. The van der Waals surface area contributed by atoms with Crippen molar-refractivity contribution >= 4 is 11.6 Å². The standard InChI is InChI=1S/C6H6ClFN2/c7-6-4(3-9)5(8)1-2-10-6/h1-2H,3,9H2. The zero-order valence-corrected chi connectivity index (χ0v) is 5.90. The van der Waals surface area contributed by atoms with Crippen LogP contribution in [0.3, 0.4) is 0 Å². The Labute approximate surface area is 62.8 Å². The second-order valence-corrected chi connectivity index (χ2v) is 2.12. The fourth-order valence-corrected chi connectivity index (χ4v) is 0.851. The molecule has 1 heterocycles. The largest absolute Gasteiger partial charge is 0.326 e. The summed E-state index contributed by atoms with van der Waals surface area (Å²) in [5, 5.41) is 0.141. The third-order valence-electron chi connectivity index (χ3n) is 1.15. The Bertz CT molecular complexity index is 219. The summed E-state index contributed by atoms with van der Waals surface area (Å²) in [6.45, 7) is 0.0819. The molecule has 0 bridgehead atoms. The van der Waals surface area contributed by atoms with Gasteiger partial charge in [0.15, 0.2) is 0 Å². The number of aromatic nitrogens is 1. The van der Waals surface area contributed by atoms with E-state index in [1.54, 1.807) is 0 Å². The molecule has 4 heteroatoms. The minimum Gasteiger partial charge on any atom is -0.326 e. The highest BCUT2D eigenvalue weighted by atomic mass is 35.5. The minimum absolute atomic E-state index is 0.0819. The molecule has 0 aromatic carbocycles. The highest BCUT2D eigenvalue weighted by Gasteiger charge is 2.03. The van der Waals surface area contributed by atoms with Crippen molar-refractivity contribution in [2.24, 2.45) is 5.73 Å². The van der Waals surface area contributed by atoms with E-state index in [0.29, 0.717) is 0 Å².